The topological polar surface area (TPSA) is 110 Å². The van der Waals surface area contributed by atoms with Crippen LogP contribution in [0.25, 0.3) is 0 Å². The Morgan fingerprint density at radius 1 is 1.38 bits per heavy atom. The maximum absolute atomic E-state index is 12.7. The molecule has 1 fully saturated rings. The van der Waals surface area contributed by atoms with E-state index in [0.29, 0.717) is 0 Å². The summed E-state index contributed by atoms with van der Waals surface area (Å²) in [5.74, 6) is -1.34. The van der Waals surface area contributed by atoms with Crippen molar-refractivity contribution in [3.8, 4) is 0 Å². The van der Waals surface area contributed by atoms with Gasteiger partial charge in [0.2, 0.25) is 21.8 Å². The summed E-state index contributed by atoms with van der Waals surface area (Å²) in [4.78, 5) is 22.9. The molecule has 1 aliphatic rings. The molecule has 0 aromatic heterocycles. The number of carbonyl (C=O) groups excluding carboxylic acids is 2. The van der Waals surface area contributed by atoms with E-state index < -0.39 is 34.4 Å². The van der Waals surface area contributed by atoms with Crippen LogP contribution in [0, 0.1) is 0 Å². The highest BCUT2D eigenvalue weighted by Crippen LogP contribution is 2.23. The third kappa shape index (κ3) is 2.80. The molecule has 0 saturated carbocycles. The number of amides is 2. The summed E-state index contributed by atoms with van der Waals surface area (Å²) < 4.78 is 26.2. The van der Waals surface area contributed by atoms with Crippen LogP contribution in [0.2, 0.25) is 0 Å². The number of benzene rings is 1. The molecule has 0 radical (unpaired) electrons. The van der Waals surface area contributed by atoms with Crippen molar-refractivity contribution in [3.05, 3.63) is 29.8 Å². The molecular weight excluding hydrogens is 314 g/mol. The molecule has 1 atom stereocenters. The molecule has 1 aromatic carbocycles. The molecule has 9 heteroatoms. The van der Waals surface area contributed by atoms with Gasteiger partial charge < -0.3 is 5.73 Å². The van der Waals surface area contributed by atoms with Crippen LogP contribution in [0.4, 0.5) is 0 Å². The largest absolute Gasteiger partial charge is 0.389 e. The normalized spacial score (nSPS) is 20.1. The fourth-order valence-electron chi connectivity index (χ4n) is 2.01. The minimum absolute atomic E-state index is 0.0744. The van der Waals surface area contributed by atoms with Gasteiger partial charge in [-0.3, -0.25) is 14.9 Å². The summed E-state index contributed by atoms with van der Waals surface area (Å²) in [5.41, 5.74) is 5.71. The number of nitrogens with two attached hydrogens (primary N) is 1. The molecule has 1 saturated heterocycles. The van der Waals surface area contributed by atoms with Gasteiger partial charge >= 0.3 is 0 Å². The SMILES string of the molecule is CC1C(=O)NC(=O)CN1S(=O)(=O)c1ccccc1C(N)=S. The van der Waals surface area contributed by atoms with Gasteiger partial charge in [-0.1, -0.05) is 30.4 Å². The van der Waals surface area contributed by atoms with Crippen molar-refractivity contribution in [1.82, 2.24) is 9.62 Å². The number of piperazine rings is 1. The fourth-order valence-corrected chi connectivity index (χ4v) is 4.01. The minimum atomic E-state index is -4.07. The average molecular weight is 327 g/mol. The van der Waals surface area contributed by atoms with Crippen LogP contribution in [0.1, 0.15) is 12.5 Å². The molecule has 21 heavy (non-hydrogen) atoms. The number of nitrogens with zero attached hydrogens (tertiary/aromatic N) is 1. The van der Waals surface area contributed by atoms with Gasteiger partial charge in [0.1, 0.15) is 11.0 Å². The van der Waals surface area contributed by atoms with E-state index in [2.05, 4.69) is 5.32 Å². The molecule has 1 unspecified atom stereocenters. The van der Waals surface area contributed by atoms with Crippen LogP contribution in [0.3, 0.4) is 0 Å². The van der Waals surface area contributed by atoms with E-state index in [1.54, 1.807) is 6.07 Å². The minimum Gasteiger partial charge on any atom is -0.389 e. The van der Waals surface area contributed by atoms with E-state index in [1.165, 1.54) is 25.1 Å². The summed E-state index contributed by atoms with van der Waals surface area (Å²) >= 11 is 4.84. The Hall–Kier alpha value is -1.84. The van der Waals surface area contributed by atoms with Crippen molar-refractivity contribution in [2.45, 2.75) is 17.9 Å². The number of thiocarbonyl (C=S) groups is 1. The third-order valence-corrected chi connectivity index (χ3v) is 5.31. The summed E-state index contributed by atoms with van der Waals surface area (Å²) in [6.45, 7) is 0.976. The Kier molecular flexibility index (Phi) is 4.08. The second kappa shape index (κ2) is 5.51. The first-order chi connectivity index (χ1) is 9.75. The van der Waals surface area contributed by atoms with Crippen molar-refractivity contribution in [3.63, 3.8) is 0 Å². The monoisotopic (exact) mass is 327 g/mol. The van der Waals surface area contributed by atoms with Gasteiger partial charge in [0, 0.05) is 5.56 Å². The quantitative estimate of drug-likeness (QED) is 0.564. The summed E-state index contributed by atoms with van der Waals surface area (Å²) in [6.07, 6.45) is 0. The van der Waals surface area contributed by atoms with Crippen molar-refractivity contribution >= 4 is 39.0 Å². The number of nitrogens with one attached hydrogen (secondary N) is 1. The van der Waals surface area contributed by atoms with Gasteiger partial charge in [-0.05, 0) is 13.0 Å². The zero-order valence-electron chi connectivity index (χ0n) is 11.1. The zero-order chi connectivity index (χ0) is 15.8. The first kappa shape index (κ1) is 15.5. The molecule has 0 bridgehead atoms. The third-order valence-electron chi connectivity index (χ3n) is 3.11. The van der Waals surface area contributed by atoms with Gasteiger partial charge in [0.15, 0.2) is 0 Å². The molecular formula is C12H13N3O4S2. The van der Waals surface area contributed by atoms with E-state index in [4.69, 9.17) is 18.0 Å². The molecule has 2 amide bonds. The Balaban J connectivity index is 2.54. The van der Waals surface area contributed by atoms with Crippen LogP contribution in [0.15, 0.2) is 29.2 Å². The zero-order valence-corrected chi connectivity index (χ0v) is 12.7. The van der Waals surface area contributed by atoms with Gasteiger partial charge in [0.05, 0.1) is 11.4 Å². The summed E-state index contributed by atoms with van der Waals surface area (Å²) in [5, 5.41) is 2.09. The van der Waals surface area contributed by atoms with Gasteiger partial charge in [0.25, 0.3) is 0 Å². The first-order valence-electron chi connectivity index (χ1n) is 5.99. The highest BCUT2D eigenvalue weighted by Gasteiger charge is 2.39. The first-order valence-corrected chi connectivity index (χ1v) is 7.84. The van der Waals surface area contributed by atoms with E-state index in [1.807, 2.05) is 0 Å². The molecule has 2 rings (SSSR count). The maximum atomic E-state index is 12.7. The summed E-state index contributed by atoms with van der Waals surface area (Å²) in [6, 6.07) is 4.95. The molecule has 1 aliphatic heterocycles. The lowest BCUT2D eigenvalue weighted by molar-refractivity contribution is -0.136. The number of carbonyl (C=O) groups is 2. The average Bonchev–Trinajstić information content (AvgIpc) is 2.42. The van der Waals surface area contributed by atoms with Crippen LogP contribution in [0.5, 0.6) is 0 Å². The van der Waals surface area contributed by atoms with Crippen molar-refractivity contribution in [1.29, 1.82) is 0 Å². The molecule has 0 aliphatic carbocycles. The highest BCUT2D eigenvalue weighted by molar-refractivity contribution is 7.89. The van der Waals surface area contributed by atoms with Crippen molar-refractivity contribution < 1.29 is 18.0 Å². The lowest BCUT2D eigenvalue weighted by Gasteiger charge is -2.31. The van der Waals surface area contributed by atoms with Crippen LogP contribution >= 0.6 is 12.2 Å². The van der Waals surface area contributed by atoms with E-state index in [0.717, 1.165) is 4.31 Å². The standard InChI is InChI=1S/C12H13N3O4S2/c1-7-12(17)14-10(16)6-15(7)21(18,19)9-5-3-2-4-8(9)11(13)20/h2-5,7H,6H2,1H3,(H2,13,20)(H,14,16,17). The van der Waals surface area contributed by atoms with Crippen molar-refractivity contribution in [2.24, 2.45) is 5.73 Å². The van der Waals surface area contributed by atoms with E-state index in [9.17, 15) is 18.0 Å². The Morgan fingerprint density at radius 3 is 2.62 bits per heavy atom. The molecule has 1 aromatic rings. The number of hydrogen-bond donors (Lipinski definition) is 2. The lowest BCUT2D eigenvalue weighted by atomic mass is 10.2. The molecule has 0 spiro atoms. The fraction of sp³-hybridized carbons (Fsp3) is 0.250. The Morgan fingerprint density at radius 2 is 2.00 bits per heavy atom. The van der Waals surface area contributed by atoms with Gasteiger partial charge in [-0.2, -0.15) is 4.31 Å². The number of rotatable bonds is 3. The highest BCUT2D eigenvalue weighted by atomic mass is 32.2. The Labute approximate surface area is 127 Å². The Bertz CT molecular complexity index is 730. The molecule has 1 heterocycles. The molecule has 7 nitrogen and oxygen atoms in total. The second-order valence-corrected chi connectivity index (χ2v) is 6.80. The number of imide groups is 1. The lowest BCUT2D eigenvalue weighted by Crippen LogP contribution is -2.58. The molecule has 112 valence electrons. The molecule has 3 N–H and O–H groups in total. The van der Waals surface area contributed by atoms with Crippen molar-refractivity contribution in [2.75, 3.05) is 6.54 Å². The van der Waals surface area contributed by atoms with Crippen LogP contribution in [-0.4, -0.2) is 42.1 Å². The van der Waals surface area contributed by atoms with E-state index in [-0.39, 0.29) is 15.4 Å². The van der Waals surface area contributed by atoms with Crippen LogP contribution in [-0.2, 0) is 19.6 Å². The van der Waals surface area contributed by atoms with Crippen LogP contribution < -0.4 is 11.1 Å². The smallest absolute Gasteiger partial charge is 0.244 e. The second-order valence-electron chi connectivity index (χ2n) is 4.50. The predicted molar refractivity (Wildman–Crippen MR) is 78.8 cm³/mol. The number of sulfonamides is 1. The summed E-state index contributed by atoms with van der Waals surface area (Å²) in [7, 11) is -4.07. The van der Waals surface area contributed by atoms with Gasteiger partial charge in [-0.15, -0.1) is 0 Å². The van der Waals surface area contributed by atoms with E-state index >= 15 is 0 Å². The maximum Gasteiger partial charge on any atom is 0.244 e. The number of hydrogen-bond acceptors (Lipinski definition) is 5. The van der Waals surface area contributed by atoms with Gasteiger partial charge in [-0.25, -0.2) is 8.42 Å². The predicted octanol–water partition coefficient (Wildman–Crippen LogP) is -0.644.